The van der Waals surface area contributed by atoms with Gasteiger partial charge in [-0.05, 0) is 38.5 Å². The molecule has 0 radical (unpaired) electrons. The third-order valence-electron chi connectivity index (χ3n) is 1.64. The lowest BCUT2D eigenvalue weighted by Gasteiger charge is -2.12. The second kappa shape index (κ2) is 3.27. The molecule has 0 aromatic rings. The first-order chi connectivity index (χ1) is 5.63. The molecule has 0 N–H and O–H groups in total. The third-order valence-corrected chi connectivity index (χ3v) is 1.64. The molecule has 0 saturated carbocycles. The van der Waals surface area contributed by atoms with Crippen LogP contribution in [0.15, 0.2) is 34.8 Å². The first-order valence-electron chi connectivity index (χ1n) is 3.79. The van der Waals surface area contributed by atoms with Crippen LogP contribution in [-0.4, -0.2) is 0 Å². The van der Waals surface area contributed by atoms with Crippen molar-refractivity contribution in [3.05, 3.63) is 34.8 Å². The lowest BCUT2D eigenvalue weighted by molar-refractivity contribution is 0.304. The fourth-order valence-corrected chi connectivity index (χ4v) is 1.07. The highest BCUT2D eigenvalue weighted by Crippen LogP contribution is 2.20. The number of ether oxygens (including phenoxy) is 1. The summed E-state index contributed by atoms with van der Waals surface area (Å²) in [4.78, 5) is 0. The van der Waals surface area contributed by atoms with Crippen molar-refractivity contribution in [1.29, 1.82) is 5.26 Å². The molecule has 62 valence electrons. The van der Waals surface area contributed by atoms with Crippen molar-refractivity contribution in [1.82, 2.24) is 0 Å². The lowest BCUT2D eigenvalue weighted by atomic mass is 10.1. The van der Waals surface area contributed by atoms with Gasteiger partial charge in [-0.3, -0.25) is 0 Å². The van der Waals surface area contributed by atoms with Gasteiger partial charge >= 0.3 is 0 Å². The van der Waals surface area contributed by atoms with Crippen molar-refractivity contribution in [2.45, 2.75) is 20.8 Å². The average Bonchev–Trinajstić information content (AvgIpc) is 2.01. The molecule has 1 aliphatic heterocycles. The quantitative estimate of drug-likeness (QED) is 0.512. The molecule has 0 atom stereocenters. The molecular formula is C10H11NO. The maximum absolute atomic E-state index is 8.65. The van der Waals surface area contributed by atoms with Crippen molar-refractivity contribution in [3.8, 4) is 6.07 Å². The molecule has 2 nitrogen and oxygen atoms in total. The maximum Gasteiger partial charge on any atom is 0.101 e. The molecule has 0 spiro atoms. The summed E-state index contributed by atoms with van der Waals surface area (Å²) in [5.74, 6) is 1.67. The first kappa shape index (κ1) is 8.61. The summed E-state index contributed by atoms with van der Waals surface area (Å²) in [5, 5.41) is 8.65. The average molecular weight is 161 g/mol. The molecular weight excluding hydrogens is 150 g/mol. The number of rotatable bonds is 0. The summed E-state index contributed by atoms with van der Waals surface area (Å²) in [5.41, 5.74) is 1.66. The summed E-state index contributed by atoms with van der Waals surface area (Å²) < 4.78 is 5.29. The van der Waals surface area contributed by atoms with Crippen molar-refractivity contribution < 1.29 is 4.74 Å². The second-order valence-electron chi connectivity index (χ2n) is 2.80. The Morgan fingerprint density at radius 1 is 1.33 bits per heavy atom. The smallest absolute Gasteiger partial charge is 0.101 e. The van der Waals surface area contributed by atoms with Gasteiger partial charge in [0.15, 0.2) is 0 Å². The molecule has 0 saturated heterocycles. The van der Waals surface area contributed by atoms with Crippen LogP contribution in [0.25, 0.3) is 0 Å². The molecule has 1 aliphatic rings. The predicted molar refractivity (Wildman–Crippen MR) is 46.9 cm³/mol. The van der Waals surface area contributed by atoms with E-state index in [-0.39, 0.29) is 0 Å². The lowest BCUT2D eigenvalue weighted by Crippen LogP contribution is -1.95. The molecule has 0 bridgehead atoms. The Kier molecular flexibility index (Phi) is 2.35. The topological polar surface area (TPSA) is 33.0 Å². The SMILES string of the molecule is CC1=CC(=C(C)C#N)C=C(C)O1. The van der Waals surface area contributed by atoms with Gasteiger partial charge in [-0.1, -0.05) is 0 Å². The van der Waals surface area contributed by atoms with Crippen molar-refractivity contribution in [2.24, 2.45) is 0 Å². The summed E-state index contributed by atoms with van der Waals surface area (Å²) in [7, 11) is 0. The van der Waals surface area contributed by atoms with Crippen LogP contribution < -0.4 is 0 Å². The van der Waals surface area contributed by atoms with Crippen molar-refractivity contribution >= 4 is 0 Å². The number of allylic oxidation sites excluding steroid dienone is 6. The molecule has 1 heterocycles. The first-order valence-corrected chi connectivity index (χ1v) is 3.79. The van der Waals surface area contributed by atoms with Crippen molar-refractivity contribution in [2.75, 3.05) is 0 Å². The van der Waals surface area contributed by atoms with E-state index in [9.17, 15) is 0 Å². The monoisotopic (exact) mass is 161 g/mol. The molecule has 1 rings (SSSR count). The minimum absolute atomic E-state index is 0.719. The van der Waals surface area contributed by atoms with Crippen LogP contribution in [0.2, 0.25) is 0 Å². The van der Waals surface area contributed by atoms with E-state index in [4.69, 9.17) is 10.00 Å². The zero-order valence-corrected chi connectivity index (χ0v) is 7.51. The minimum atomic E-state index is 0.719. The molecule has 12 heavy (non-hydrogen) atoms. The molecule has 0 amide bonds. The van der Waals surface area contributed by atoms with Crippen molar-refractivity contribution in [3.63, 3.8) is 0 Å². The number of nitriles is 1. The minimum Gasteiger partial charge on any atom is -0.467 e. The highest BCUT2D eigenvalue weighted by Gasteiger charge is 2.05. The van der Waals surface area contributed by atoms with Gasteiger partial charge in [0.1, 0.15) is 11.5 Å². The Bertz CT molecular complexity index is 306. The Morgan fingerprint density at radius 2 is 1.83 bits per heavy atom. The van der Waals surface area contributed by atoms with E-state index < -0.39 is 0 Å². The van der Waals surface area contributed by atoms with Gasteiger partial charge in [0.25, 0.3) is 0 Å². The maximum atomic E-state index is 8.65. The molecule has 2 heteroatoms. The van der Waals surface area contributed by atoms with E-state index in [1.165, 1.54) is 0 Å². The normalized spacial score (nSPS) is 15.7. The van der Waals surface area contributed by atoms with E-state index >= 15 is 0 Å². The number of nitrogens with zero attached hydrogens (tertiary/aromatic N) is 1. The predicted octanol–water partition coefficient (Wildman–Crippen LogP) is 2.66. The van der Waals surface area contributed by atoms with E-state index in [0.717, 1.165) is 22.7 Å². The Morgan fingerprint density at radius 3 is 2.25 bits per heavy atom. The van der Waals surface area contributed by atoms with Gasteiger partial charge in [-0.15, -0.1) is 0 Å². The van der Waals surface area contributed by atoms with Gasteiger partial charge in [-0.2, -0.15) is 5.26 Å². The molecule has 0 unspecified atom stereocenters. The number of hydrogen-bond acceptors (Lipinski definition) is 2. The Balaban J connectivity index is 3.09. The van der Waals surface area contributed by atoms with Crippen LogP contribution in [0.1, 0.15) is 20.8 Å². The van der Waals surface area contributed by atoms with Crippen LogP contribution in [0.3, 0.4) is 0 Å². The molecule has 0 fully saturated rings. The van der Waals surface area contributed by atoms with E-state index in [1.807, 2.05) is 26.0 Å². The summed E-state index contributed by atoms with van der Waals surface area (Å²) >= 11 is 0. The Labute approximate surface area is 72.5 Å². The van der Waals surface area contributed by atoms with Crippen LogP contribution >= 0.6 is 0 Å². The largest absolute Gasteiger partial charge is 0.467 e. The van der Waals surface area contributed by atoms with Crippen LogP contribution in [-0.2, 0) is 4.74 Å². The van der Waals surface area contributed by atoms with E-state index in [2.05, 4.69) is 6.07 Å². The second-order valence-corrected chi connectivity index (χ2v) is 2.80. The Hall–Kier alpha value is -1.49. The summed E-state index contributed by atoms with van der Waals surface area (Å²) in [6, 6.07) is 2.11. The van der Waals surface area contributed by atoms with Crippen LogP contribution in [0.4, 0.5) is 0 Å². The zero-order chi connectivity index (χ0) is 9.14. The molecule has 0 aromatic heterocycles. The van der Waals surface area contributed by atoms with Gasteiger partial charge in [0.05, 0.1) is 6.07 Å². The third kappa shape index (κ3) is 1.76. The fourth-order valence-electron chi connectivity index (χ4n) is 1.07. The van der Waals surface area contributed by atoms with E-state index in [1.54, 1.807) is 6.92 Å². The highest BCUT2D eigenvalue weighted by molar-refractivity contribution is 5.44. The van der Waals surface area contributed by atoms with Gasteiger partial charge in [-0.25, -0.2) is 0 Å². The fraction of sp³-hybridized carbons (Fsp3) is 0.300. The number of hydrogen-bond donors (Lipinski definition) is 0. The highest BCUT2D eigenvalue weighted by atomic mass is 16.5. The summed E-state index contributed by atoms with van der Waals surface area (Å²) in [6.07, 6.45) is 3.73. The van der Waals surface area contributed by atoms with Gasteiger partial charge in [0.2, 0.25) is 0 Å². The van der Waals surface area contributed by atoms with Crippen LogP contribution in [0, 0.1) is 11.3 Å². The van der Waals surface area contributed by atoms with Gasteiger partial charge < -0.3 is 4.74 Å². The summed E-state index contributed by atoms with van der Waals surface area (Å²) in [6.45, 7) is 5.55. The van der Waals surface area contributed by atoms with E-state index in [0.29, 0.717) is 0 Å². The van der Waals surface area contributed by atoms with Gasteiger partial charge in [0, 0.05) is 5.57 Å². The standard InChI is InChI=1S/C10H11NO/c1-7(6-11)10-4-8(2)12-9(3)5-10/h4-5H,1-3H3. The zero-order valence-electron chi connectivity index (χ0n) is 7.51. The van der Waals surface area contributed by atoms with Crippen LogP contribution in [0.5, 0.6) is 0 Å². The molecule has 0 aliphatic carbocycles. The molecule has 0 aromatic carbocycles.